The van der Waals surface area contributed by atoms with Gasteiger partial charge in [0, 0.05) is 5.56 Å². The molecule has 4 aromatic rings. The summed E-state index contributed by atoms with van der Waals surface area (Å²) in [5, 5.41) is 6.40. The van der Waals surface area contributed by atoms with Gasteiger partial charge in [0.1, 0.15) is 5.75 Å². The van der Waals surface area contributed by atoms with Crippen LogP contribution in [0.25, 0.3) is 10.8 Å². The van der Waals surface area contributed by atoms with Gasteiger partial charge < -0.3 is 4.74 Å². The first kappa shape index (κ1) is 21.6. The topological polar surface area (TPSA) is 67.8 Å². The van der Waals surface area contributed by atoms with E-state index >= 15 is 0 Å². The van der Waals surface area contributed by atoms with Crippen LogP contribution in [0, 0.1) is 0 Å². The van der Waals surface area contributed by atoms with Gasteiger partial charge in [0.25, 0.3) is 5.91 Å². The molecule has 0 aliphatic heterocycles. The van der Waals surface area contributed by atoms with Crippen LogP contribution in [-0.4, -0.2) is 18.1 Å². The van der Waals surface area contributed by atoms with Crippen LogP contribution in [0.3, 0.4) is 0 Å². The molecular formula is C25H16Cl2N2O3. The van der Waals surface area contributed by atoms with E-state index in [1.54, 1.807) is 54.6 Å². The summed E-state index contributed by atoms with van der Waals surface area (Å²) >= 11 is 12.2. The molecule has 0 radical (unpaired) electrons. The van der Waals surface area contributed by atoms with E-state index in [-0.39, 0.29) is 11.3 Å². The number of rotatable bonds is 5. The van der Waals surface area contributed by atoms with Crippen LogP contribution in [0.5, 0.6) is 5.75 Å². The second kappa shape index (κ2) is 9.64. The number of hydrogen-bond acceptors (Lipinski definition) is 4. The third kappa shape index (κ3) is 4.64. The van der Waals surface area contributed by atoms with Crippen molar-refractivity contribution in [1.82, 2.24) is 5.43 Å². The molecule has 0 bridgehead atoms. The number of carbonyl (C=O) groups is 2. The number of nitrogens with zero attached hydrogens (tertiary/aromatic N) is 1. The average Bonchev–Trinajstić information content (AvgIpc) is 2.80. The van der Waals surface area contributed by atoms with Gasteiger partial charge in [0.05, 0.1) is 27.4 Å². The molecule has 4 rings (SSSR count). The first-order chi connectivity index (χ1) is 15.5. The van der Waals surface area contributed by atoms with Crippen LogP contribution in [-0.2, 0) is 0 Å². The fourth-order valence-electron chi connectivity index (χ4n) is 3.14. The largest absolute Gasteiger partial charge is 0.422 e. The van der Waals surface area contributed by atoms with Crippen molar-refractivity contribution < 1.29 is 14.3 Å². The van der Waals surface area contributed by atoms with Gasteiger partial charge in [-0.1, -0.05) is 77.8 Å². The number of halogens is 2. The number of fused-ring (bicyclic) bond motifs is 1. The molecule has 0 heterocycles. The second-order valence-electron chi connectivity index (χ2n) is 6.75. The van der Waals surface area contributed by atoms with Gasteiger partial charge in [-0.3, -0.25) is 4.79 Å². The zero-order valence-electron chi connectivity index (χ0n) is 16.6. The molecule has 0 atom stereocenters. The van der Waals surface area contributed by atoms with Crippen molar-refractivity contribution in [2.75, 3.05) is 0 Å². The summed E-state index contributed by atoms with van der Waals surface area (Å²) in [6, 6.07) is 24.4. The Bertz CT molecular complexity index is 1350. The minimum absolute atomic E-state index is 0.247. The van der Waals surface area contributed by atoms with Crippen LogP contribution in [0.15, 0.2) is 90.0 Å². The van der Waals surface area contributed by atoms with E-state index in [2.05, 4.69) is 10.5 Å². The lowest BCUT2D eigenvalue weighted by Gasteiger charge is -2.11. The van der Waals surface area contributed by atoms with Crippen molar-refractivity contribution >= 4 is 52.1 Å². The summed E-state index contributed by atoms with van der Waals surface area (Å²) in [6.07, 6.45) is 1.44. The highest BCUT2D eigenvalue weighted by atomic mass is 35.5. The van der Waals surface area contributed by atoms with Crippen molar-refractivity contribution in [3.8, 4) is 5.75 Å². The maximum atomic E-state index is 12.7. The number of esters is 1. The molecule has 0 aromatic heterocycles. The third-order valence-corrected chi connectivity index (χ3v) is 5.36. The van der Waals surface area contributed by atoms with E-state index in [0.717, 1.165) is 10.8 Å². The zero-order chi connectivity index (χ0) is 22.5. The number of hydrogen-bond donors (Lipinski definition) is 1. The number of ether oxygens (including phenoxy) is 1. The number of benzene rings is 4. The molecule has 32 heavy (non-hydrogen) atoms. The number of amides is 1. The molecule has 1 N–H and O–H groups in total. The Balaban J connectivity index is 1.65. The molecule has 1 amide bonds. The highest BCUT2D eigenvalue weighted by molar-refractivity contribution is 6.34. The Hall–Kier alpha value is -3.67. The van der Waals surface area contributed by atoms with E-state index in [9.17, 15) is 9.59 Å². The summed E-state index contributed by atoms with van der Waals surface area (Å²) in [4.78, 5) is 25.1. The van der Waals surface area contributed by atoms with Crippen LogP contribution < -0.4 is 10.2 Å². The normalized spacial score (nSPS) is 10.9. The molecule has 158 valence electrons. The van der Waals surface area contributed by atoms with Crippen molar-refractivity contribution in [2.24, 2.45) is 5.10 Å². The highest BCUT2D eigenvalue weighted by Gasteiger charge is 2.16. The molecule has 0 spiro atoms. The minimum Gasteiger partial charge on any atom is -0.422 e. The van der Waals surface area contributed by atoms with E-state index in [4.69, 9.17) is 27.9 Å². The lowest BCUT2D eigenvalue weighted by molar-refractivity contribution is 0.0734. The summed E-state index contributed by atoms with van der Waals surface area (Å²) < 4.78 is 5.63. The molecule has 5 nitrogen and oxygen atoms in total. The van der Waals surface area contributed by atoms with Crippen molar-refractivity contribution in [3.63, 3.8) is 0 Å². The smallest absolute Gasteiger partial charge is 0.345 e. The molecule has 0 aliphatic rings. The second-order valence-corrected chi connectivity index (χ2v) is 7.56. The van der Waals surface area contributed by atoms with Gasteiger partial charge in [-0.2, -0.15) is 5.10 Å². The SMILES string of the molecule is O=C(N/N=C\c1c(OC(=O)c2ccccc2Cl)ccc2ccccc12)c1ccccc1Cl. The van der Waals surface area contributed by atoms with Crippen LogP contribution >= 0.6 is 23.2 Å². The lowest BCUT2D eigenvalue weighted by Crippen LogP contribution is -2.18. The standard InChI is InChI=1S/C25H16Cl2N2O3/c26-21-11-5-3-9-18(21)24(30)29-28-15-20-17-8-2-1-7-16(17)13-14-23(20)32-25(31)19-10-4-6-12-22(19)27/h1-15H,(H,29,30)/b28-15-. The summed E-state index contributed by atoms with van der Waals surface area (Å²) in [7, 11) is 0. The fourth-order valence-corrected chi connectivity index (χ4v) is 3.57. The molecular weight excluding hydrogens is 447 g/mol. The van der Waals surface area contributed by atoms with Gasteiger partial charge in [-0.25, -0.2) is 10.2 Å². The lowest BCUT2D eigenvalue weighted by atomic mass is 10.0. The predicted molar refractivity (Wildman–Crippen MR) is 127 cm³/mol. The van der Waals surface area contributed by atoms with Gasteiger partial charge in [0.2, 0.25) is 0 Å². The van der Waals surface area contributed by atoms with Crippen LogP contribution in [0.1, 0.15) is 26.3 Å². The fraction of sp³-hybridized carbons (Fsp3) is 0. The van der Waals surface area contributed by atoms with Crippen LogP contribution in [0.4, 0.5) is 0 Å². The van der Waals surface area contributed by atoms with E-state index in [0.29, 0.717) is 21.2 Å². The van der Waals surface area contributed by atoms with Crippen molar-refractivity contribution in [1.29, 1.82) is 0 Å². The van der Waals surface area contributed by atoms with Gasteiger partial charge >= 0.3 is 5.97 Å². The Morgan fingerprint density at radius 1 is 0.781 bits per heavy atom. The number of carbonyl (C=O) groups excluding carboxylic acids is 2. The maximum Gasteiger partial charge on any atom is 0.345 e. The molecule has 0 saturated heterocycles. The Labute approximate surface area is 194 Å². The van der Waals surface area contributed by atoms with Crippen LogP contribution in [0.2, 0.25) is 10.0 Å². The van der Waals surface area contributed by atoms with Crippen molar-refractivity contribution in [2.45, 2.75) is 0 Å². The summed E-state index contributed by atoms with van der Waals surface area (Å²) in [5.41, 5.74) is 3.54. The number of nitrogens with one attached hydrogen (secondary N) is 1. The van der Waals surface area contributed by atoms with Crippen molar-refractivity contribution in [3.05, 3.63) is 112 Å². The first-order valence-corrected chi connectivity index (χ1v) is 10.4. The quantitative estimate of drug-likeness (QED) is 0.168. The van der Waals surface area contributed by atoms with E-state index in [1.807, 2.05) is 30.3 Å². The molecule has 4 aromatic carbocycles. The molecule has 0 saturated carbocycles. The predicted octanol–water partition coefficient (Wildman–Crippen LogP) is 6.13. The van der Waals surface area contributed by atoms with E-state index < -0.39 is 11.9 Å². The number of hydrazone groups is 1. The summed E-state index contributed by atoms with van der Waals surface area (Å²) in [5.74, 6) is -0.772. The van der Waals surface area contributed by atoms with Gasteiger partial charge in [-0.05, 0) is 41.1 Å². The monoisotopic (exact) mass is 462 g/mol. The molecule has 0 fully saturated rings. The zero-order valence-corrected chi connectivity index (χ0v) is 18.1. The Kier molecular flexibility index (Phi) is 6.50. The molecule has 0 aliphatic carbocycles. The summed E-state index contributed by atoms with van der Waals surface area (Å²) in [6.45, 7) is 0. The first-order valence-electron chi connectivity index (χ1n) is 9.61. The molecule has 0 unspecified atom stereocenters. The average molecular weight is 463 g/mol. The van der Waals surface area contributed by atoms with Gasteiger partial charge in [0.15, 0.2) is 0 Å². The molecule has 7 heteroatoms. The Morgan fingerprint density at radius 2 is 1.41 bits per heavy atom. The maximum absolute atomic E-state index is 12.7. The highest BCUT2D eigenvalue weighted by Crippen LogP contribution is 2.28. The van der Waals surface area contributed by atoms with Gasteiger partial charge in [-0.15, -0.1) is 0 Å². The third-order valence-electron chi connectivity index (χ3n) is 4.71. The minimum atomic E-state index is -0.597. The van der Waals surface area contributed by atoms with E-state index in [1.165, 1.54) is 6.21 Å². The Morgan fingerprint density at radius 3 is 2.12 bits per heavy atom.